The van der Waals surface area contributed by atoms with E-state index in [-0.39, 0.29) is 5.69 Å². The van der Waals surface area contributed by atoms with Gasteiger partial charge in [-0.1, -0.05) is 12.1 Å². The Bertz CT molecular complexity index is 518. The maximum Gasteiger partial charge on any atom is 0.471 e. The minimum atomic E-state index is -4.95. The maximum absolute atomic E-state index is 12.0. The number of hydrogen-bond acceptors (Lipinski definition) is 2. The van der Waals surface area contributed by atoms with Crippen LogP contribution in [-0.2, 0) is 15.0 Å². The highest BCUT2D eigenvalue weighted by Gasteiger charge is 2.51. The Morgan fingerprint density at radius 3 is 2.05 bits per heavy atom. The van der Waals surface area contributed by atoms with Crippen molar-refractivity contribution in [2.75, 3.05) is 5.32 Å². The molecule has 0 atom stereocenters. The summed E-state index contributed by atoms with van der Waals surface area (Å²) in [5, 5.41) is 10.8. The van der Waals surface area contributed by atoms with Crippen LogP contribution in [0.3, 0.4) is 0 Å². The van der Waals surface area contributed by atoms with Gasteiger partial charge in [0.2, 0.25) is 0 Å². The van der Waals surface area contributed by atoms with Gasteiger partial charge in [-0.2, -0.15) is 13.2 Å². The number of rotatable bonds is 3. The van der Waals surface area contributed by atoms with Crippen molar-refractivity contribution in [3.63, 3.8) is 0 Å². The summed E-state index contributed by atoms with van der Waals surface area (Å²) in [6, 6.07) is 5.38. The van der Waals surface area contributed by atoms with Crippen LogP contribution >= 0.6 is 0 Å². The molecule has 0 spiro atoms. The smallest absolute Gasteiger partial charge is 0.471 e. The second-order valence-electron chi connectivity index (χ2n) is 4.42. The van der Waals surface area contributed by atoms with Crippen LogP contribution in [0.4, 0.5) is 18.9 Å². The minimum Gasteiger partial charge on any atom is -0.481 e. The number of carboxylic acids is 1. The van der Waals surface area contributed by atoms with Crippen LogP contribution in [0, 0.1) is 0 Å². The Kier molecular flexibility index (Phi) is 3.00. The molecule has 1 fully saturated rings. The van der Waals surface area contributed by atoms with Gasteiger partial charge in [0.05, 0.1) is 5.41 Å². The molecule has 0 saturated heterocycles. The van der Waals surface area contributed by atoms with Crippen molar-refractivity contribution in [3.8, 4) is 0 Å². The lowest BCUT2D eigenvalue weighted by Crippen LogP contribution is -2.29. The predicted octanol–water partition coefficient (Wildman–Crippen LogP) is 2.30. The summed E-state index contributed by atoms with van der Waals surface area (Å²) in [5.41, 5.74) is -0.399. The summed E-state index contributed by atoms with van der Waals surface area (Å²) in [7, 11) is 0. The molecule has 19 heavy (non-hydrogen) atoms. The summed E-state index contributed by atoms with van der Waals surface area (Å²) in [6.07, 6.45) is -3.93. The lowest BCUT2D eigenvalue weighted by atomic mass is 9.96. The van der Waals surface area contributed by atoms with Crippen LogP contribution in [0.5, 0.6) is 0 Å². The third-order valence-corrected chi connectivity index (χ3v) is 3.11. The number of halogens is 3. The maximum atomic E-state index is 12.0. The number of carbonyl (C=O) groups excluding carboxylic acids is 1. The molecule has 1 amide bonds. The quantitative estimate of drug-likeness (QED) is 0.888. The second-order valence-corrected chi connectivity index (χ2v) is 4.42. The van der Waals surface area contributed by atoms with E-state index in [1.54, 1.807) is 5.32 Å². The number of benzene rings is 1. The number of carboxylic acid groups (broad SMARTS) is 1. The minimum absolute atomic E-state index is 0.0211. The molecule has 1 aliphatic rings. The average molecular weight is 273 g/mol. The standard InChI is InChI=1S/C12H10F3NO3/c13-12(14,15)9(17)16-8-3-1-7(2-4-8)11(5-6-11)10(18)19/h1-4H,5-6H2,(H,16,17)(H,18,19). The molecule has 2 rings (SSSR count). The number of amides is 1. The zero-order valence-electron chi connectivity index (χ0n) is 9.62. The Morgan fingerprint density at radius 2 is 1.68 bits per heavy atom. The fourth-order valence-corrected chi connectivity index (χ4v) is 1.83. The number of aliphatic carboxylic acids is 1. The van der Waals surface area contributed by atoms with Gasteiger partial charge in [-0.15, -0.1) is 0 Å². The summed E-state index contributed by atoms with van der Waals surface area (Å²) < 4.78 is 36.1. The van der Waals surface area contributed by atoms with E-state index >= 15 is 0 Å². The fraction of sp³-hybridized carbons (Fsp3) is 0.333. The van der Waals surface area contributed by atoms with Crippen LogP contribution in [0.25, 0.3) is 0 Å². The van der Waals surface area contributed by atoms with Gasteiger partial charge in [0, 0.05) is 5.69 Å². The van der Waals surface area contributed by atoms with Crippen LogP contribution in [0.15, 0.2) is 24.3 Å². The van der Waals surface area contributed by atoms with E-state index in [0.29, 0.717) is 18.4 Å². The van der Waals surface area contributed by atoms with E-state index in [2.05, 4.69) is 0 Å². The number of hydrogen-bond donors (Lipinski definition) is 2. The first-order valence-electron chi connectivity index (χ1n) is 5.48. The highest BCUT2D eigenvalue weighted by atomic mass is 19.4. The molecule has 7 heteroatoms. The zero-order chi connectivity index (χ0) is 14.3. The van der Waals surface area contributed by atoms with Crippen LogP contribution < -0.4 is 5.32 Å². The van der Waals surface area contributed by atoms with Crippen LogP contribution in [-0.4, -0.2) is 23.2 Å². The highest BCUT2D eigenvalue weighted by Crippen LogP contribution is 2.48. The SMILES string of the molecule is O=C(Nc1ccc(C2(C(=O)O)CC2)cc1)C(F)(F)F. The molecule has 1 saturated carbocycles. The summed E-state index contributed by atoms with van der Waals surface area (Å²) in [4.78, 5) is 21.8. The van der Waals surface area contributed by atoms with Gasteiger partial charge in [0.1, 0.15) is 0 Å². The number of nitrogens with one attached hydrogen (secondary N) is 1. The van der Waals surface area contributed by atoms with Crippen molar-refractivity contribution in [1.29, 1.82) is 0 Å². The van der Waals surface area contributed by atoms with E-state index in [0.717, 1.165) is 0 Å². The number of carbonyl (C=O) groups is 2. The van der Waals surface area contributed by atoms with Crippen LogP contribution in [0.2, 0.25) is 0 Å². The van der Waals surface area contributed by atoms with Crippen LogP contribution in [0.1, 0.15) is 18.4 Å². The first kappa shape index (κ1) is 13.4. The van der Waals surface area contributed by atoms with E-state index in [1.165, 1.54) is 24.3 Å². The van der Waals surface area contributed by atoms with Gasteiger partial charge in [-0.25, -0.2) is 0 Å². The first-order valence-corrected chi connectivity index (χ1v) is 5.48. The summed E-state index contributed by atoms with van der Waals surface area (Å²) in [5.74, 6) is -3.00. The van der Waals surface area contributed by atoms with Crippen molar-refractivity contribution in [2.24, 2.45) is 0 Å². The van der Waals surface area contributed by atoms with Crippen molar-refractivity contribution >= 4 is 17.6 Å². The fourth-order valence-electron chi connectivity index (χ4n) is 1.83. The van der Waals surface area contributed by atoms with Crippen molar-refractivity contribution in [1.82, 2.24) is 0 Å². The van der Waals surface area contributed by atoms with E-state index in [1.807, 2.05) is 0 Å². The Hall–Kier alpha value is -2.05. The molecule has 4 nitrogen and oxygen atoms in total. The largest absolute Gasteiger partial charge is 0.481 e. The molecule has 1 aliphatic carbocycles. The van der Waals surface area contributed by atoms with Gasteiger partial charge >= 0.3 is 18.1 Å². The van der Waals surface area contributed by atoms with Crippen molar-refractivity contribution in [2.45, 2.75) is 24.4 Å². The lowest BCUT2D eigenvalue weighted by Gasteiger charge is -2.12. The van der Waals surface area contributed by atoms with Crippen molar-refractivity contribution in [3.05, 3.63) is 29.8 Å². The summed E-state index contributed by atoms with van der Waals surface area (Å²) in [6.45, 7) is 0. The number of alkyl halides is 3. The third-order valence-electron chi connectivity index (χ3n) is 3.11. The van der Waals surface area contributed by atoms with E-state index in [4.69, 9.17) is 5.11 Å². The monoisotopic (exact) mass is 273 g/mol. The Labute approximate surface area is 106 Å². The van der Waals surface area contributed by atoms with E-state index in [9.17, 15) is 22.8 Å². The lowest BCUT2D eigenvalue weighted by molar-refractivity contribution is -0.167. The zero-order valence-corrected chi connectivity index (χ0v) is 9.62. The second kappa shape index (κ2) is 4.25. The molecule has 0 bridgehead atoms. The molecule has 0 heterocycles. The Balaban J connectivity index is 2.12. The normalized spacial score (nSPS) is 16.8. The molecule has 102 valence electrons. The molecule has 0 radical (unpaired) electrons. The topological polar surface area (TPSA) is 66.4 Å². The molecule has 0 unspecified atom stereocenters. The van der Waals surface area contributed by atoms with Crippen molar-refractivity contribution < 1.29 is 27.9 Å². The highest BCUT2D eigenvalue weighted by molar-refractivity contribution is 5.95. The molecule has 1 aromatic carbocycles. The molecular formula is C12H10F3NO3. The molecular weight excluding hydrogens is 263 g/mol. The van der Waals surface area contributed by atoms with Gasteiger partial charge in [-0.3, -0.25) is 9.59 Å². The van der Waals surface area contributed by atoms with Gasteiger partial charge in [-0.05, 0) is 30.5 Å². The third kappa shape index (κ3) is 2.54. The molecule has 0 aliphatic heterocycles. The van der Waals surface area contributed by atoms with Gasteiger partial charge in [0.25, 0.3) is 0 Å². The van der Waals surface area contributed by atoms with Gasteiger partial charge in [0.15, 0.2) is 0 Å². The first-order chi connectivity index (χ1) is 8.75. The molecule has 0 aromatic heterocycles. The Morgan fingerprint density at radius 1 is 1.16 bits per heavy atom. The number of anilines is 1. The average Bonchev–Trinajstić information content (AvgIpc) is 3.10. The molecule has 2 N–H and O–H groups in total. The summed E-state index contributed by atoms with van der Waals surface area (Å²) >= 11 is 0. The molecule has 1 aromatic rings. The predicted molar refractivity (Wildman–Crippen MR) is 59.7 cm³/mol. The van der Waals surface area contributed by atoms with E-state index < -0.39 is 23.5 Å². The van der Waals surface area contributed by atoms with Gasteiger partial charge < -0.3 is 10.4 Å².